The number of rotatable bonds is 1. The van der Waals surface area contributed by atoms with Gasteiger partial charge in [0.2, 0.25) is 0 Å². The number of ether oxygens (including phenoxy) is 1. The van der Waals surface area contributed by atoms with Crippen LogP contribution in [0, 0.1) is 0 Å². The van der Waals surface area contributed by atoms with Crippen molar-refractivity contribution < 1.29 is 9.53 Å². The Balaban J connectivity index is 2.41. The van der Waals surface area contributed by atoms with Crippen molar-refractivity contribution >= 4 is 6.03 Å². The first-order chi connectivity index (χ1) is 5.49. The van der Waals surface area contributed by atoms with E-state index in [2.05, 4.69) is 5.32 Å². The minimum Gasteiger partial charge on any atom is -0.375 e. The Morgan fingerprint density at radius 2 is 2.33 bits per heavy atom. The average molecular weight is 172 g/mol. The smallest absolute Gasteiger partial charge is 0.312 e. The number of nitrogens with two attached hydrogens (primary N) is 1. The van der Waals surface area contributed by atoms with Crippen molar-refractivity contribution in [2.45, 2.75) is 38.3 Å². The maximum absolute atomic E-state index is 10.5. The average Bonchev–Trinajstić information content (AvgIpc) is 1.82. The lowest BCUT2D eigenvalue weighted by Crippen LogP contribution is -2.47. The van der Waals surface area contributed by atoms with E-state index in [0.29, 0.717) is 6.61 Å². The lowest BCUT2D eigenvalue weighted by Gasteiger charge is -2.35. The van der Waals surface area contributed by atoms with Gasteiger partial charge < -0.3 is 15.8 Å². The number of hydrogen-bond donors (Lipinski definition) is 2. The molecule has 3 N–H and O–H groups in total. The van der Waals surface area contributed by atoms with Crippen LogP contribution in [0.25, 0.3) is 0 Å². The van der Waals surface area contributed by atoms with Crippen LogP contribution in [0.1, 0.15) is 26.7 Å². The van der Waals surface area contributed by atoms with Gasteiger partial charge in [0.25, 0.3) is 0 Å². The summed E-state index contributed by atoms with van der Waals surface area (Å²) in [5.74, 6) is 0. The molecule has 1 atom stereocenters. The third-order valence-electron chi connectivity index (χ3n) is 2.04. The monoisotopic (exact) mass is 172 g/mol. The summed E-state index contributed by atoms with van der Waals surface area (Å²) in [6, 6.07) is -0.274. The summed E-state index contributed by atoms with van der Waals surface area (Å²) in [6.45, 7) is 4.72. The van der Waals surface area contributed by atoms with Gasteiger partial charge >= 0.3 is 6.03 Å². The summed E-state index contributed by atoms with van der Waals surface area (Å²) in [7, 11) is 0. The maximum Gasteiger partial charge on any atom is 0.312 e. The van der Waals surface area contributed by atoms with Gasteiger partial charge in [-0.15, -0.1) is 0 Å². The van der Waals surface area contributed by atoms with E-state index in [9.17, 15) is 4.79 Å². The number of amides is 2. The maximum atomic E-state index is 10.5. The van der Waals surface area contributed by atoms with Gasteiger partial charge in [-0.1, -0.05) is 0 Å². The first kappa shape index (κ1) is 9.32. The third kappa shape index (κ3) is 2.70. The Morgan fingerprint density at radius 1 is 1.67 bits per heavy atom. The summed E-state index contributed by atoms with van der Waals surface area (Å²) < 4.78 is 5.48. The van der Waals surface area contributed by atoms with Crippen LogP contribution in [0.4, 0.5) is 4.79 Å². The zero-order valence-corrected chi connectivity index (χ0v) is 7.59. The molecule has 70 valence electrons. The van der Waals surface area contributed by atoms with E-state index in [1.165, 1.54) is 0 Å². The standard InChI is InChI=1S/C8H16N2O2/c1-8(2)5-6(3-4-12-8)10-7(9)11/h6H,3-5H2,1-2H3,(H3,9,10,11). The molecule has 0 aromatic heterocycles. The van der Waals surface area contributed by atoms with Crippen molar-refractivity contribution in [1.29, 1.82) is 0 Å². The molecule has 1 aliphatic heterocycles. The molecular formula is C8H16N2O2. The second kappa shape index (κ2) is 3.31. The van der Waals surface area contributed by atoms with Gasteiger partial charge in [0, 0.05) is 12.6 Å². The predicted octanol–water partition coefficient (Wildman–Crippen LogP) is 0.612. The number of carbonyl (C=O) groups is 1. The van der Waals surface area contributed by atoms with E-state index in [4.69, 9.17) is 10.5 Å². The van der Waals surface area contributed by atoms with Crippen LogP contribution in [0.15, 0.2) is 0 Å². The Hall–Kier alpha value is -0.770. The van der Waals surface area contributed by atoms with Crippen molar-refractivity contribution in [1.82, 2.24) is 5.32 Å². The van der Waals surface area contributed by atoms with Crippen molar-refractivity contribution in [3.05, 3.63) is 0 Å². The molecule has 2 amide bonds. The van der Waals surface area contributed by atoms with Crippen LogP contribution in [0.2, 0.25) is 0 Å². The summed E-state index contributed by atoms with van der Waals surface area (Å²) >= 11 is 0. The molecule has 0 aromatic rings. The number of urea groups is 1. The summed E-state index contributed by atoms with van der Waals surface area (Å²) in [5, 5.41) is 2.70. The fourth-order valence-corrected chi connectivity index (χ4v) is 1.56. The zero-order chi connectivity index (χ0) is 9.19. The normalized spacial score (nSPS) is 28.0. The van der Waals surface area contributed by atoms with Crippen LogP contribution in [0.5, 0.6) is 0 Å². The Bertz CT molecular complexity index is 180. The fourth-order valence-electron chi connectivity index (χ4n) is 1.56. The van der Waals surface area contributed by atoms with E-state index in [1.807, 2.05) is 13.8 Å². The SMILES string of the molecule is CC1(C)CC(NC(N)=O)CCO1. The highest BCUT2D eigenvalue weighted by molar-refractivity contribution is 5.71. The van der Waals surface area contributed by atoms with Gasteiger partial charge in [-0.3, -0.25) is 0 Å². The molecule has 1 fully saturated rings. The molecular weight excluding hydrogens is 156 g/mol. The van der Waals surface area contributed by atoms with E-state index < -0.39 is 6.03 Å². The highest BCUT2D eigenvalue weighted by Gasteiger charge is 2.29. The second-order valence-electron chi connectivity index (χ2n) is 3.81. The first-order valence-corrected chi connectivity index (χ1v) is 4.19. The van der Waals surface area contributed by atoms with Crippen LogP contribution >= 0.6 is 0 Å². The van der Waals surface area contributed by atoms with Gasteiger partial charge in [0.05, 0.1) is 5.60 Å². The molecule has 0 saturated carbocycles. The van der Waals surface area contributed by atoms with Gasteiger partial charge in [-0.25, -0.2) is 4.79 Å². The van der Waals surface area contributed by atoms with Crippen molar-refractivity contribution in [3.63, 3.8) is 0 Å². The number of nitrogens with one attached hydrogen (secondary N) is 1. The molecule has 1 aliphatic rings. The number of primary amides is 1. The molecule has 1 unspecified atom stereocenters. The molecule has 4 heteroatoms. The molecule has 1 heterocycles. The first-order valence-electron chi connectivity index (χ1n) is 4.19. The molecule has 1 saturated heterocycles. The molecule has 0 aromatic carbocycles. The van der Waals surface area contributed by atoms with Gasteiger partial charge in [0.15, 0.2) is 0 Å². The van der Waals surface area contributed by atoms with Crippen molar-refractivity contribution in [3.8, 4) is 0 Å². The fraction of sp³-hybridized carbons (Fsp3) is 0.875. The van der Waals surface area contributed by atoms with Crippen LogP contribution < -0.4 is 11.1 Å². The van der Waals surface area contributed by atoms with E-state index in [1.54, 1.807) is 0 Å². The third-order valence-corrected chi connectivity index (χ3v) is 2.04. The summed E-state index contributed by atoms with van der Waals surface area (Å²) in [4.78, 5) is 10.5. The molecule has 0 spiro atoms. The quantitative estimate of drug-likeness (QED) is 0.608. The van der Waals surface area contributed by atoms with Crippen molar-refractivity contribution in [2.75, 3.05) is 6.61 Å². The highest BCUT2D eigenvalue weighted by atomic mass is 16.5. The Morgan fingerprint density at radius 3 is 2.83 bits per heavy atom. The lowest BCUT2D eigenvalue weighted by molar-refractivity contribution is -0.0610. The molecule has 12 heavy (non-hydrogen) atoms. The second-order valence-corrected chi connectivity index (χ2v) is 3.81. The van der Waals surface area contributed by atoms with Crippen molar-refractivity contribution in [2.24, 2.45) is 5.73 Å². The molecule has 0 radical (unpaired) electrons. The lowest BCUT2D eigenvalue weighted by atomic mass is 9.94. The van der Waals surface area contributed by atoms with Crippen LogP contribution in [0.3, 0.4) is 0 Å². The van der Waals surface area contributed by atoms with Crippen LogP contribution in [-0.4, -0.2) is 24.3 Å². The predicted molar refractivity (Wildman–Crippen MR) is 45.8 cm³/mol. The van der Waals surface area contributed by atoms with Gasteiger partial charge in [-0.2, -0.15) is 0 Å². The summed E-state index contributed by atoms with van der Waals surface area (Å²) in [6.07, 6.45) is 1.68. The largest absolute Gasteiger partial charge is 0.375 e. The number of hydrogen-bond acceptors (Lipinski definition) is 2. The van der Waals surface area contributed by atoms with Gasteiger partial charge in [0.1, 0.15) is 0 Å². The van der Waals surface area contributed by atoms with E-state index in [-0.39, 0.29) is 11.6 Å². The highest BCUT2D eigenvalue weighted by Crippen LogP contribution is 2.23. The summed E-state index contributed by atoms with van der Waals surface area (Å²) in [5.41, 5.74) is 4.89. The molecule has 0 bridgehead atoms. The van der Waals surface area contributed by atoms with E-state index >= 15 is 0 Å². The minimum atomic E-state index is -0.447. The zero-order valence-electron chi connectivity index (χ0n) is 7.59. The molecule has 1 rings (SSSR count). The Labute approximate surface area is 72.5 Å². The topological polar surface area (TPSA) is 64.3 Å². The van der Waals surface area contributed by atoms with Crippen LogP contribution in [-0.2, 0) is 4.74 Å². The molecule has 4 nitrogen and oxygen atoms in total. The minimum absolute atomic E-state index is 0.134. The Kier molecular flexibility index (Phi) is 2.57. The van der Waals surface area contributed by atoms with Gasteiger partial charge in [-0.05, 0) is 26.7 Å². The van der Waals surface area contributed by atoms with E-state index in [0.717, 1.165) is 12.8 Å². The molecule has 0 aliphatic carbocycles. The number of carbonyl (C=O) groups excluding carboxylic acids is 1.